The van der Waals surface area contributed by atoms with E-state index in [1.807, 2.05) is 31.2 Å². The Labute approximate surface area is 141 Å². The summed E-state index contributed by atoms with van der Waals surface area (Å²) in [5, 5.41) is 12.1. The summed E-state index contributed by atoms with van der Waals surface area (Å²) in [6.07, 6.45) is 2.11. The molecule has 1 aromatic carbocycles. The molecule has 1 heterocycles. The van der Waals surface area contributed by atoms with Gasteiger partial charge in [0.05, 0.1) is 12.5 Å². The van der Waals surface area contributed by atoms with Crippen molar-refractivity contribution in [1.82, 2.24) is 9.88 Å². The van der Waals surface area contributed by atoms with Crippen molar-refractivity contribution in [3.8, 4) is 5.75 Å². The molecule has 0 fully saturated rings. The second-order valence-electron chi connectivity index (χ2n) is 5.53. The van der Waals surface area contributed by atoms with E-state index in [1.165, 1.54) is 0 Å². The van der Waals surface area contributed by atoms with E-state index in [-0.39, 0.29) is 12.5 Å². The molecule has 128 valence electrons. The van der Waals surface area contributed by atoms with Gasteiger partial charge in [0.25, 0.3) is 5.91 Å². The summed E-state index contributed by atoms with van der Waals surface area (Å²) in [6.45, 7) is 2.57. The van der Waals surface area contributed by atoms with Crippen LogP contribution in [0.1, 0.15) is 23.0 Å². The predicted molar refractivity (Wildman–Crippen MR) is 90.2 cm³/mol. The lowest BCUT2D eigenvalue weighted by Crippen LogP contribution is -2.34. The number of aliphatic carboxylic acids is 1. The Morgan fingerprint density at radius 1 is 1.25 bits per heavy atom. The highest BCUT2D eigenvalue weighted by Crippen LogP contribution is 2.15. The summed E-state index contributed by atoms with van der Waals surface area (Å²) in [4.78, 5) is 23.5. The predicted octanol–water partition coefficient (Wildman–Crippen LogP) is 2.10. The van der Waals surface area contributed by atoms with E-state index in [1.54, 1.807) is 29.9 Å². The summed E-state index contributed by atoms with van der Waals surface area (Å²) in [7, 11) is 1.77. The third-order valence-electron chi connectivity index (χ3n) is 3.75. The maximum atomic E-state index is 12.1. The number of aryl methyl sites for hydroxylation is 1. The van der Waals surface area contributed by atoms with Crippen molar-refractivity contribution >= 4 is 11.9 Å². The topological polar surface area (TPSA) is 80.6 Å². The molecule has 0 aliphatic rings. The normalized spacial score (nSPS) is 11.8. The first-order valence-electron chi connectivity index (χ1n) is 7.85. The van der Waals surface area contributed by atoms with E-state index in [0.717, 1.165) is 11.3 Å². The lowest BCUT2D eigenvalue weighted by Gasteiger charge is -2.14. The van der Waals surface area contributed by atoms with Crippen LogP contribution in [0.2, 0.25) is 0 Å². The molecule has 24 heavy (non-hydrogen) atoms. The summed E-state index contributed by atoms with van der Waals surface area (Å²) < 4.78 is 7.06. The van der Waals surface area contributed by atoms with E-state index >= 15 is 0 Å². The number of carbonyl (C=O) groups is 2. The van der Waals surface area contributed by atoms with Crippen LogP contribution in [0.5, 0.6) is 5.75 Å². The van der Waals surface area contributed by atoms with Crippen molar-refractivity contribution in [3.05, 3.63) is 53.9 Å². The minimum atomic E-state index is -0.934. The van der Waals surface area contributed by atoms with Gasteiger partial charge in [-0.15, -0.1) is 0 Å². The number of carbonyl (C=O) groups excluding carboxylic acids is 1. The van der Waals surface area contributed by atoms with Crippen molar-refractivity contribution in [2.45, 2.75) is 13.3 Å². The fourth-order valence-corrected chi connectivity index (χ4v) is 2.42. The molecule has 1 atom stereocenters. The van der Waals surface area contributed by atoms with Crippen LogP contribution in [0.4, 0.5) is 0 Å². The van der Waals surface area contributed by atoms with Gasteiger partial charge in [-0.25, -0.2) is 0 Å². The van der Waals surface area contributed by atoms with Crippen LogP contribution >= 0.6 is 0 Å². The standard InChI is InChI=1S/C18H22N2O4/c1-3-24-15-8-6-13(7-9-15)11-14(18(22)23)12-19-17(21)16-5-4-10-20(16)2/h4-10,14H,3,11-12H2,1-2H3,(H,19,21)(H,22,23). The second kappa shape index (κ2) is 8.19. The molecule has 1 amide bonds. The molecular formula is C18H22N2O4. The van der Waals surface area contributed by atoms with Crippen LogP contribution in [0, 0.1) is 5.92 Å². The number of carboxylic acids is 1. The van der Waals surface area contributed by atoms with Crippen LogP contribution in [0.25, 0.3) is 0 Å². The largest absolute Gasteiger partial charge is 0.494 e. The van der Waals surface area contributed by atoms with Gasteiger partial charge in [0.15, 0.2) is 0 Å². The molecule has 0 saturated heterocycles. The average molecular weight is 330 g/mol. The van der Waals surface area contributed by atoms with E-state index in [4.69, 9.17) is 4.74 Å². The zero-order valence-corrected chi connectivity index (χ0v) is 13.9. The first-order valence-corrected chi connectivity index (χ1v) is 7.85. The molecule has 2 aromatic rings. The van der Waals surface area contributed by atoms with Gasteiger partial charge in [-0.05, 0) is 43.2 Å². The Balaban J connectivity index is 1.95. The minimum Gasteiger partial charge on any atom is -0.494 e. The maximum Gasteiger partial charge on any atom is 0.308 e. The van der Waals surface area contributed by atoms with Crippen LogP contribution in [0.3, 0.4) is 0 Å². The van der Waals surface area contributed by atoms with Gasteiger partial charge in [-0.3, -0.25) is 9.59 Å². The smallest absolute Gasteiger partial charge is 0.308 e. The molecule has 2 N–H and O–H groups in total. The molecule has 0 saturated carbocycles. The number of carboxylic acid groups (broad SMARTS) is 1. The summed E-state index contributed by atoms with van der Waals surface area (Å²) >= 11 is 0. The number of aromatic nitrogens is 1. The van der Waals surface area contributed by atoms with E-state index in [0.29, 0.717) is 18.7 Å². The SMILES string of the molecule is CCOc1ccc(CC(CNC(=O)c2cccn2C)C(=O)O)cc1. The third kappa shape index (κ3) is 4.62. The molecule has 0 spiro atoms. The molecule has 2 rings (SSSR count). The van der Waals surface area contributed by atoms with Crippen molar-refractivity contribution in [2.75, 3.05) is 13.2 Å². The number of nitrogens with one attached hydrogen (secondary N) is 1. The second-order valence-corrected chi connectivity index (χ2v) is 5.53. The molecule has 0 bridgehead atoms. The number of nitrogens with zero attached hydrogens (tertiary/aromatic N) is 1. The lowest BCUT2D eigenvalue weighted by molar-refractivity contribution is -0.141. The number of amides is 1. The zero-order chi connectivity index (χ0) is 17.5. The third-order valence-corrected chi connectivity index (χ3v) is 3.75. The van der Waals surface area contributed by atoms with Gasteiger partial charge in [0, 0.05) is 19.8 Å². The van der Waals surface area contributed by atoms with E-state index in [2.05, 4.69) is 5.32 Å². The summed E-state index contributed by atoms with van der Waals surface area (Å²) in [6, 6.07) is 10.8. The van der Waals surface area contributed by atoms with Crippen LogP contribution < -0.4 is 10.1 Å². The highest BCUT2D eigenvalue weighted by Gasteiger charge is 2.20. The average Bonchev–Trinajstić information content (AvgIpc) is 2.99. The lowest BCUT2D eigenvalue weighted by atomic mass is 9.99. The number of hydrogen-bond acceptors (Lipinski definition) is 3. The van der Waals surface area contributed by atoms with Gasteiger partial charge in [-0.2, -0.15) is 0 Å². The van der Waals surface area contributed by atoms with Crippen LogP contribution in [-0.2, 0) is 18.3 Å². The minimum absolute atomic E-state index is 0.0760. The van der Waals surface area contributed by atoms with Crippen molar-refractivity contribution in [1.29, 1.82) is 0 Å². The molecule has 1 unspecified atom stereocenters. The van der Waals surface area contributed by atoms with Crippen LogP contribution in [-0.4, -0.2) is 34.7 Å². The molecule has 0 aliphatic carbocycles. The maximum absolute atomic E-state index is 12.1. The van der Waals surface area contributed by atoms with Crippen molar-refractivity contribution in [2.24, 2.45) is 13.0 Å². The molecular weight excluding hydrogens is 308 g/mol. The summed E-state index contributed by atoms with van der Waals surface area (Å²) in [5.41, 5.74) is 1.39. The highest BCUT2D eigenvalue weighted by molar-refractivity contribution is 5.92. The first kappa shape index (κ1) is 17.6. The molecule has 6 heteroatoms. The number of rotatable bonds is 8. The molecule has 6 nitrogen and oxygen atoms in total. The Morgan fingerprint density at radius 2 is 1.96 bits per heavy atom. The number of benzene rings is 1. The van der Waals surface area contributed by atoms with E-state index in [9.17, 15) is 14.7 Å². The fourth-order valence-electron chi connectivity index (χ4n) is 2.42. The van der Waals surface area contributed by atoms with Crippen molar-refractivity contribution in [3.63, 3.8) is 0 Å². The Kier molecular flexibility index (Phi) is 6.01. The fraction of sp³-hybridized carbons (Fsp3) is 0.333. The number of ether oxygens (including phenoxy) is 1. The number of hydrogen-bond donors (Lipinski definition) is 2. The van der Waals surface area contributed by atoms with Crippen LogP contribution in [0.15, 0.2) is 42.6 Å². The van der Waals surface area contributed by atoms with Gasteiger partial charge in [0.1, 0.15) is 11.4 Å². The quantitative estimate of drug-likeness (QED) is 0.777. The van der Waals surface area contributed by atoms with Gasteiger partial charge in [-0.1, -0.05) is 12.1 Å². The molecule has 0 aliphatic heterocycles. The Morgan fingerprint density at radius 3 is 2.50 bits per heavy atom. The zero-order valence-electron chi connectivity index (χ0n) is 13.9. The summed E-state index contributed by atoms with van der Waals surface area (Å²) in [5.74, 6) is -1.14. The molecule has 1 aromatic heterocycles. The Bertz CT molecular complexity index is 691. The van der Waals surface area contributed by atoms with Gasteiger partial charge < -0.3 is 19.7 Å². The van der Waals surface area contributed by atoms with Gasteiger partial charge >= 0.3 is 5.97 Å². The Hall–Kier alpha value is -2.76. The van der Waals surface area contributed by atoms with Crippen molar-refractivity contribution < 1.29 is 19.4 Å². The first-order chi connectivity index (χ1) is 11.5. The monoisotopic (exact) mass is 330 g/mol. The molecule has 0 radical (unpaired) electrons. The van der Waals surface area contributed by atoms with Gasteiger partial charge in [0.2, 0.25) is 0 Å². The highest BCUT2D eigenvalue weighted by atomic mass is 16.5. The van der Waals surface area contributed by atoms with E-state index < -0.39 is 11.9 Å².